The van der Waals surface area contributed by atoms with Gasteiger partial charge in [-0.2, -0.15) is 0 Å². The average molecular weight is 174 g/mol. The van der Waals surface area contributed by atoms with Crippen LogP contribution in [0.3, 0.4) is 0 Å². The van der Waals surface area contributed by atoms with Crippen LogP contribution in [0.15, 0.2) is 0 Å². The molecule has 0 aliphatic heterocycles. The standard InChI is InChI=1S/C9H18O3/c1-6(10)8(12)7(11)5-9(2,3)4/h7-8,11-12H,5H2,1-4H3/t7-,8+/m0/s1. The van der Waals surface area contributed by atoms with Gasteiger partial charge in [0.1, 0.15) is 6.10 Å². The predicted molar refractivity (Wildman–Crippen MR) is 46.8 cm³/mol. The Hall–Kier alpha value is -0.410. The first-order chi connectivity index (χ1) is 5.24. The fourth-order valence-corrected chi connectivity index (χ4v) is 1.01. The molecule has 0 aliphatic carbocycles. The van der Waals surface area contributed by atoms with Crippen molar-refractivity contribution in [3.8, 4) is 0 Å². The van der Waals surface area contributed by atoms with Crippen LogP contribution in [0, 0.1) is 5.41 Å². The summed E-state index contributed by atoms with van der Waals surface area (Å²) in [6, 6.07) is 0. The van der Waals surface area contributed by atoms with Gasteiger partial charge in [0.15, 0.2) is 5.78 Å². The summed E-state index contributed by atoms with van der Waals surface area (Å²) in [6.07, 6.45) is -1.75. The minimum absolute atomic E-state index is 0.0736. The lowest BCUT2D eigenvalue weighted by molar-refractivity contribution is -0.131. The van der Waals surface area contributed by atoms with Crippen LogP contribution in [-0.2, 0) is 4.79 Å². The van der Waals surface area contributed by atoms with Crippen molar-refractivity contribution in [2.45, 2.75) is 46.3 Å². The summed E-state index contributed by atoms with van der Waals surface area (Å²) >= 11 is 0. The number of hydrogen-bond acceptors (Lipinski definition) is 3. The quantitative estimate of drug-likeness (QED) is 0.663. The van der Waals surface area contributed by atoms with Crippen molar-refractivity contribution < 1.29 is 15.0 Å². The van der Waals surface area contributed by atoms with Gasteiger partial charge in [-0.25, -0.2) is 0 Å². The van der Waals surface area contributed by atoms with Crippen molar-refractivity contribution >= 4 is 5.78 Å². The fraction of sp³-hybridized carbons (Fsp3) is 0.889. The van der Waals surface area contributed by atoms with E-state index >= 15 is 0 Å². The van der Waals surface area contributed by atoms with Gasteiger partial charge in [0.05, 0.1) is 6.10 Å². The molecule has 0 heterocycles. The molecule has 0 fully saturated rings. The molecule has 0 aromatic rings. The van der Waals surface area contributed by atoms with Gasteiger partial charge < -0.3 is 10.2 Å². The Labute approximate surface area is 73.4 Å². The second-order valence-electron chi connectivity index (χ2n) is 4.39. The molecule has 3 heteroatoms. The summed E-state index contributed by atoms with van der Waals surface area (Å²) in [5, 5.41) is 18.5. The maximum Gasteiger partial charge on any atom is 0.160 e. The third-order valence-corrected chi connectivity index (χ3v) is 1.60. The normalized spacial score (nSPS) is 17.2. The first kappa shape index (κ1) is 11.6. The van der Waals surface area contributed by atoms with Gasteiger partial charge in [-0.1, -0.05) is 20.8 Å². The number of rotatable bonds is 3. The molecule has 0 spiro atoms. The van der Waals surface area contributed by atoms with E-state index < -0.39 is 12.2 Å². The van der Waals surface area contributed by atoms with Crippen molar-refractivity contribution in [2.75, 3.05) is 0 Å². The number of hydrogen-bond donors (Lipinski definition) is 2. The van der Waals surface area contributed by atoms with Crippen molar-refractivity contribution in [1.29, 1.82) is 0 Å². The molecule has 0 aliphatic rings. The number of carbonyl (C=O) groups excluding carboxylic acids is 1. The monoisotopic (exact) mass is 174 g/mol. The first-order valence-electron chi connectivity index (χ1n) is 4.10. The smallest absolute Gasteiger partial charge is 0.160 e. The molecule has 0 aromatic carbocycles. The molecule has 0 unspecified atom stereocenters. The minimum atomic E-state index is -1.23. The summed E-state index contributed by atoms with van der Waals surface area (Å²) < 4.78 is 0. The highest BCUT2D eigenvalue weighted by atomic mass is 16.3. The van der Waals surface area contributed by atoms with Gasteiger partial charge in [-0.05, 0) is 18.8 Å². The highest BCUT2D eigenvalue weighted by Crippen LogP contribution is 2.22. The summed E-state index contributed by atoms with van der Waals surface area (Å²) in [4.78, 5) is 10.7. The van der Waals surface area contributed by atoms with Crippen molar-refractivity contribution in [3.05, 3.63) is 0 Å². The lowest BCUT2D eigenvalue weighted by Gasteiger charge is -2.24. The molecular weight excluding hydrogens is 156 g/mol. The zero-order valence-electron chi connectivity index (χ0n) is 8.16. The van der Waals surface area contributed by atoms with Crippen LogP contribution in [0.5, 0.6) is 0 Å². The number of carbonyl (C=O) groups is 1. The second kappa shape index (κ2) is 4.01. The molecular formula is C9H18O3. The van der Waals surface area contributed by atoms with Gasteiger partial charge in [0.25, 0.3) is 0 Å². The van der Waals surface area contributed by atoms with Crippen LogP contribution in [-0.4, -0.2) is 28.2 Å². The van der Waals surface area contributed by atoms with E-state index in [1.165, 1.54) is 6.92 Å². The summed E-state index contributed by atoms with van der Waals surface area (Å²) in [5.41, 5.74) is -0.0736. The Balaban J connectivity index is 4.04. The number of ketones is 1. The minimum Gasteiger partial charge on any atom is -0.390 e. The van der Waals surface area contributed by atoms with E-state index in [2.05, 4.69) is 0 Å². The van der Waals surface area contributed by atoms with Crippen LogP contribution in [0.1, 0.15) is 34.1 Å². The van der Waals surface area contributed by atoms with Crippen LogP contribution < -0.4 is 0 Å². The lowest BCUT2D eigenvalue weighted by atomic mass is 9.87. The zero-order valence-corrected chi connectivity index (χ0v) is 8.16. The summed E-state index contributed by atoms with van der Waals surface area (Å²) in [6.45, 7) is 7.12. The zero-order chi connectivity index (χ0) is 9.94. The first-order valence-corrected chi connectivity index (χ1v) is 4.10. The lowest BCUT2D eigenvalue weighted by Crippen LogP contribution is -2.35. The van der Waals surface area contributed by atoms with Gasteiger partial charge >= 0.3 is 0 Å². The maximum absolute atomic E-state index is 10.7. The molecule has 0 saturated heterocycles. The highest BCUT2D eigenvalue weighted by Gasteiger charge is 2.25. The van der Waals surface area contributed by atoms with Gasteiger partial charge in [-0.15, -0.1) is 0 Å². The van der Waals surface area contributed by atoms with E-state index in [9.17, 15) is 9.90 Å². The molecule has 0 aromatic heterocycles. The molecule has 2 N–H and O–H groups in total. The third kappa shape index (κ3) is 4.46. The Morgan fingerprint density at radius 2 is 1.75 bits per heavy atom. The molecule has 0 saturated carbocycles. The number of Topliss-reactive ketones (excluding diaryl/α,β-unsaturated/α-hetero) is 1. The van der Waals surface area contributed by atoms with Gasteiger partial charge in [-0.3, -0.25) is 4.79 Å². The molecule has 0 rings (SSSR count). The largest absolute Gasteiger partial charge is 0.390 e. The van der Waals surface area contributed by atoms with Crippen molar-refractivity contribution in [3.63, 3.8) is 0 Å². The van der Waals surface area contributed by atoms with Crippen LogP contribution in [0.25, 0.3) is 0 Å². The van der Waals surface area contributed by atoms with Crippen LogP contribution in [0.2, 0.25) is 0 Å². The van der Waals surface area contributed by atoms with E-state index in [1.54, 1.807) is 0 Å². The van der Waals surface area contributed by atoms with E-state index in [0.29, 0.717) is 6.42 Å². The Morgan fingerprint density at radius 3 is 2.00 bits per heavy atom. The van der Waals surface area contributed by atoms with E-state index in [4.69, 9.17) is 5.11 Å². The van der Waals surface area contributed by atoms with Gasteiger partial charge in [0, 0.05) is 0 Å². The van der Waals surface area contributed by atoms with Crippen molar-refractivity contribution in [1.82, 2.24) is 0 Å². The molecule has 2 atom stereocenters. The molecule has 3 nitrogen and oxygen atoms in total. The molecule has 0 radical (unpaired) electrons. The Kier molecular flexibility index (Phi) is 3.87. The Bertz CT molecular complexity index is 158. The maximum atomic E-state index is 10.7. The van der Waals surface area contributed by atoms with Gasteiger partial charge in [0.2, 0.25) is 0 Å². The van der Waals surface area contributed by atoms with E-state index in [-0.39, 0.29) is 11.2 Å². The van der Waals surface area contributed by atoms with Crippen LogP contribution >= 0.6 is 0 Å². The summed E-state index contributed by atoms with van der Waals surface area (Å²) in [7, 11) is 0. The third-order valence-electron chi connectivity index (χ3n) is 1.60. The molecule has 12 heavy (non-hydrogen) atoms. The SMILES string of the molecule is CC(=O)[C@@H](O)[C@@H](O)CC(C)(C)C. The van der Waals surface area contributed by atoms with E-state index in [1.807, 2.05) is 20.8 Å². The molecule has 72 valence electrons. The topological polar surface area (TPSA) is 57.5 Å². The fourth-order valence-electron chi connectivity index (χ4n) is 1.01. The molecule has 0 amide bonds. The number of aliphatic hydroxyl groups excluding tert-OH is 2. The Morgan fingerprint density at radius 1 is 1.33 bits per heavy atom. The average Bonchev–Trinajstić information content (AvgIpc) is 1.82. The number of aliphatic hydroxyl groups is 2. The second-order valence-corrected chi connectivity index (χ2v) is 4.39. The van der Waals surface area contributed by atoms with Crippen LogP contribution in [0.4, 0.5) is 0 Å². The van der Waals surface area contributed by atoms with E-state index in [0.717, 1.165) is 0 Å². The predicted octanol–water partition coefficient (Wildman–Crippen LogP) is 0.733. The van der Waals surface area contributed by atoms with Crippen molar-refractivity contribution in [2.24, 2.45) is 5.41 Å². The summed E-state index contributed by atoms with van der Waals surface area (Å²) in [5.74, 6) is -0.383. The molecule has 0 bridgehead atoms. The highest BCUT2D eigenvalue weighted by molar-refractivity contribution is 5.80.